The van der Waals surface area contributed by atoms with E-state index in [1.165, 1.54) is 6.26 Å². The van der Waals surface area contributed by atoms with Gasteiger partial charge in [-0.15, -0.1) is 0 Å². The zero-order valence-electron chi connectivity index (χ0n) is 18.2. The molecule has 0 spiro atoms. The second-order valence-corrected chi connectivity index (χ2v) is 8.52. The molecule has 2 fully saturated rings. The predicted molar refractivity (Wildman–Crippen MR) is 118 cm³/mol. The van der Waals surface area contributed by atoms with Gasteiger partial charge < -0.3 is 19.4 Å². The van der Waals surface area contributed by atoms with E-state index in [0.717, 1.165) is 62.7 Å². The summed E-state index contributed by atoms with van der Waals surface area (Å²) in [5.41, 5.74) is 0.797. The summed E-state index contributed by atoms with van der Waals surface area (Å²) in [6.45, 7) is 2.52. The van der Waals surface area contributed by atoms with E-state index in [4.69, 9.17) is 9.15 Å². The van der Waals surface area contributed by atoms with Gasteiger partial charge >= 0.3 is 0 Å². The lowest BCUT2D eigenvalue weighted by molar-refractivity contribution is -0.127. The lowest BCUT2D eigenvalue weighted by atomic mass is 10.00. The second-order valence-electron chi connectivity index (χ2n) is 8.52. The minimum atomic E-state index is -0.697. The Morgan fingerprint density at radius 2 is 1.74 bits per heavy atom. The molecule has 166 valence electrons. The van der Waals surface area contributed by atoms with Crippen LogP contribution in [0.4, 0.5) is 0 Å². The lowest BCUT2D eigenvalue weighted by Crippen LogP contribution is -2.49. The van der Waals surface area contributed by atoms with Gasteiger partial charge in [0.2, 0.25) is 5.91 Å². The summed E-state index contributed by atoms with van der Waals surface area (Å²) in [6, 6.07) is 10.4. The molecule has 1 heterocycles. The van der Waals surface area contributed by atoms with Crippen molar-refractivity contribution in [2.45, 2.75) is 76.4 Å². The molecule has 31 heavy (non-hydrogen) atoms. The number of hydrogen-bond acceptors (Lipinski definition) is 4. The van der Waals surface area contributed by atoms with Crippen LogP contribution in [-0.2, 0) is 4.79 Å². The summed E-state index contributed by atoms with van der Waals surface area (Å²) >= 11 is 0. The SMILES string of the molecule is CCOc1ccc([C@H](C(=O)NC2CCCC2)N(C(=O)c2ccco2)C2CCCC2)cc1. The van der Waals surface area contributed by atoms with Crippen molar-refractivity contribution >= 4 is 11.8 Å². The van der Waals surface area contributed by atoms with Crippen LogP contribution in [0, 0.1) is 0 Å². The molecule has 6 heteroatoms. The Kier molecular flexibility index (Phi) is 6.95. The Hall–Kier alpha value is -2.76. The fourth-order valence-electron chi connectivity index (χ4n) is 4.91. The molecule has 4 rings (SSSR count). The Labute approximate surface area is 183 Å². The van der Waals surface area contributed by atoms with E-state index in [2.05, 4.69) is 5.32 Å². The first-order valence-corrected chi connectivity index (χ1v) is 11.6. The predicted octanol–water partition coefficient (Wildman–Crippen LogP) is 4.86. The molecule has 2 aliphatic rings. The molecule has 1 N–H and O–H groups in total. The molecule has 2 aliphatic carbocycles. The van der Waals surface area contributed by atoms with E-state index < -0.39 is 6.04 Å². The first-order valence-electron chi connectivity index (χ1n) is 11.6. The molecule has 0 unspecified atom stereocenters. The van der Waals surface area contributed by atoms with Gasteiger partial charge in [0.1, 0.15) is 11.8 Å². The average Bonchev–Trinajstić information content (AvgIpc) is 3.56. The van der Waals surface area contributed by atoms with Crippen LogP contribution in [0.15, 0.2) is 47.1 Å². The molecule has 1 aromatic carbocycles. The maximum Gasteiger partial charge on any atom is 0.290 e. The van der Waals surface area contributed by atoms with Gasteiger partial charge in [-0.3, -0.25) is 9.59 Å². The second kappa shape index (κ2) is 10.0. The van der Waals surface area contributed by atoms with E-state index in [0.29, 0.717) is 6.61 Å². The number of ether oxygens (including phenoxy) is 1. The van der Waals surface area contributed by atoms with Crippen molar-refractivity contribution in [1.82, 2.24) is 10.2 Å². The molecule has 2 saturated carbocycles. The van der Waals surface area contributed by atoms with Crippen LogP contribution < -0.4 is 10.1 Å². The summed E-state index contributed by atoms with van der Waals surface area (Å²) in [4.78, 5) is 28.9. The third-order valence-corrected chi connectivity index (χ3v) is 6.42. The van der Waals surface area contributed by atoms with Crippen LogP contribution in [-0.4, -0.2) is 35.4 Å². The summed E-state index contributed by atoms with van der Waals surface area (Å²) < 4.78 is 11.0. The van der Waals surface area contributed by atoms with Crippen molar-refractivity contribution in [1.29, 1.82) is 0 Å². The van der Waals surface area contributed by atoms with Crippen molar-refractivity contribution in [3.05, 3.63) is 54.0 Å². The topological polar surface area (TPSA) is 71.8 Å². The van der Waals surface area contributed by atoms with Crippen molar-refractivity contribution in [3.8, 4) is 5.75 Å². The van der Waals surface area contributed by atoms with Gasteiger partial charge in [0.05, 0.1) is 12.9 Å². The quantitative estimate of drug-likeness (QED) is 0.657. The smallest absolute Gasteiger partial charge is 0.290 e. The summed E-state index contributed by atoms with van der Waals surface area (Å²) in [5, 5.41) is 3.23. The summed E-state index contributed by atoms with van der Waals surface area (Å²) in [7, 11) is 0. The number of amides is 2. The van der Waals surface area contributed by atoms with Crippen molar-refractivity contribution < 1.29 is 18.7 Å². The maximum absolute atomic E-state index is 13.6. The van der Waals surface area contributed by atoms with Crippen LogP contribution in [0.5, 0.6) is 5.75 Å². The molecular weight excluding hydrogens is 392 g/mol. The van der Waals surface area contributed by atoms with Gasteiger partial charge in [0.25, 0.3) is 5.91 Å². The minimum absolute atomic E-state index is 0.0171. The number of furan rings is 1. The molecule has 6 nitrogen and oxygen atoms in total. The van der Waals surface area contributed by atoms with Crippen LogP contribution in [0.25, 0.3) is 0 Å². The Balaban J connectivity index is 1.69. The highest BCUT2D eigenvalue weighted by molar-refractivity contribution is 5.96. The third kappa shape index (κ3) is 4.94. The Morgan fingerprint density at radius 3 is 2.35 bits per heavy atom. The highest BCUT2D eigenvalue weighted by Crippen LogP contribution is 2.34. The molecule has 0 radical (unpaired) electrons. The fraction of sp³-hybridized carbons (Fsp3) is 0.520. The normalized spacial score (nSPS) is 18.1. The van der Waals surface area contributed by atoms with E-state index >= 15 is 0 Å². The van der Waals surface area contributed by atoms with E-state index in [-0.39, 0.29) is 29.7 Å². The van der Waals surface area contributed by atoms with Crippen LogP contribution in [0.1, 0.15) is 80.5 Å². The van der Waals surface area contributed by atoms with Crippen molar-refractivity contribution in [2.24, 2.45) is 0 Å². The molecule has 2 amide bonds. The number of carbonyl (C=O) groups excluding carboxylic acids is 2. The van der Waals surface area contributed by atoms with Crippen LogP contribution in [0.3, 0.4) is 0 Å². The van der Waals surface area contributed by atoms with Gasteiger partial charge in [0, 0.05) is 12.1 Å². The largest absolute Gasteiger partial charge is 0.494 e. The van der Waals surface area contributed by atoms with Gasteiger partial charge in [-0.2, -0.15) is 0 Å². The van der Waals surface area contributed by atoms with Crippen LogP contribution in [0.2, 0.25) is 0 Å². The number of carbonyl (C=O) groups is 2. The van der Waals surface area contributed by atoms with Crippen LogP contribution >= 0.6 is 0 Å². The van der Waals surface area contributed by atoms with E-state index in [1.54, 1.807) is 17.0 Å². The number of nitrogens with one attached hydrogen (secondary N) is 1. The maximum atomic E-state index is 13.6. The summed E-state index contributed by atoms with van der Waals surface area (Å²) in [6.07, 6.45) is 9.69. The Morgan fingerprint density at radius 1 is 1.06 bits per heavy atom. The summed E-state index contributed by atoms with van der Waals surface area (Å²) in [5.74, 6) is 0.697. The van der Waals surface area contributed by atoms with Gasteiger partial charge in [0.15, 0.2) is 5.76 Å². The van der Waals surface area contributed by atoms with Crippen molar-refractivity contribution in [2.75, 3.05) is 6.61 Å². The van der Waals surface area contributed by atoms with Gasteiger partial charge in [-0.05, 0) is 62.4 Å². The highest BCUT2D eigenvalue weighted by Gasteiger charge is 2.39. The van der Waals surface area contributed by atoms with E-state index in [9.17, 15) is 9.59 Å². The monoisotopic (exact) mass is 424 g/mol. The average molecular weight is 425 g/mol. The lowest BCUT2D eigenvalue weighted by Gasteiger charge is -2.36. The molecule has 1 aromatic heterocycles. The molecule has 0 saturated heterocycles. The highest BCUT2D eigenvalue weighted by atomic mass is 16.5. The van der Waals surface area contributed by atoms with E-state index in [1.807, 2.05) is 31.2 Å². The third-order valence-electron chi connectivity index (χ3n) is 6.42. The Bertz CT molecular complexity index is 850. The number of benzene rings is 1. The first-order chi connectivity index (χ1) is 15.2. The molecule has 2 aromatic rings. The standard InChI is InChI=1S/C25H32N2O4/c1-2-30-21-15-13-18(14-16-21)23(24(28)26-19-8-3-4-9-19)27(20-10-5-6-11-20)25(29)22-12-7-17-31-22/h7,12-17,19-20,23H,2-6,8-11H2,1H3,(H,26,28)/t23-/m1/s1. The molecular formula is C25H32N2O4. The van der Waals surface area contributed by atoms with Gasteiger partial charge in [-0.25, -0.2) is 0 Å². The number of nitrogens with zero attached hydrogens (tertiary/aromatic N) is 1. The molecule has 1 atom stereocenters. The first kappa shape index (κ1) is 21.5. The molecule has 0 aliphatic heterocycles. The zero-order valence-corrected chi connectivity index (χ0v) is 18.2. The van der Waals surface area contributed by atoms with Crippen molar-refractivity contribution in [3.63, 3.8) is 0 Å². The number of rotatable bonds is 8. The van der Waals surface area contributed by atoms with Gasteiger partial charge in [-0.1, -0.05) is 37.8 Å². The zero-order chi connectivity index (χ0) is 21.6. The number of hydrogen-bond donors (Lipinski definition) is 1. The minimum Gasteiger partial charge on any atom is -0.494 e. The fourth-order valence-corrected chi connectivity index (χ4v) is 4.91. The molecule has 0 bridgehead atoms.